The summed E-state index contributed by atoms with van der Waals surface area (Å²) in [7, 11) is 0. The molecule has 0 bridgehead atoms. The zero-order valence-electron chi connectivity index (χ0n) is 9.06. The van der Waals surface area contributed by atoms with Gasteiger partial charge in [0.2, 0.25) is 0 Å². The van der Waals surface area contributed by atoms with Crippen molar-refractivity contribution < 1.29 is 14.3 Å². The minimum absolute atomic E-state index is 0.118. The van der Waals surface area contributed by atoms with Gasteiger partial charge in [-0.05, 0) is 25.0 Å². The van der Waals surface area contributed by atoms with Crippen LogP contribution in [0.25, 0.3) is 11.0 Å². The molecule has 1 saturated carbocycles. The Morgan fingerprint density at radius 3 is 2.94 bits per heavy atom. The fraction of sp³-hybridized carbons (Fsp3) is 0.333. The van der Waals surface area contributed by atoms with Crippen LogP contribution in [0.2, 0.25) is 0 Å². The van der Waals surface area contributed by atoms with Crippen LogP contribution in [0.15, 0.2) is 18.2 Å². The number of nitrogens with zero attached hydrogens (tertiary/aromatic N) is 2. The highest BCUT2D eigenvalue weighted by Gasteiger charge is 2.28. The van der Waals surface area contributed by atoms with Crippen molar-refractivity contribution in [2.75, 3.05) is 0 Å². The average Bonchev–Trinajstić information content (AvgIpc) is 3.00. The Hall–Kier alpha value is -1.91. The van der Waals surface area contributed by atoms with Crippen molar-refractivity contribution in [3.63, 3.8) is 0 Å². The fourth-order valence-corrected chi connectivity index (χ4v) is 2.12. The number of hydrogen-bond donors (Lipinski definition) is 1. The first-order chi connectivity index (χ1) is 8.15. The molecule has 1 aliphatic rings. The molecule has 1 fully saturated rings. The molecule has 0 saturated heterocycles. The van der Waals surface area contributed by atoms with Gasteiger partial charge < -0.3 is 9.67 Å². The normalized spacial score (nSPS) is 15.4. The first-order valence-corrected chi connectivity index (χ1v) is 5.53. The maximum atomic E-state index is 13.1. The third kappa shape index (κ3) is 1.77. The molecule has 1 aromatic carbocycles. The zero-order chi connectivity index (χ0) is 12.0. The maximum Gasteiger partial charge on any atom is 0.311 e. The maximum absolute atomic E-state index is 13.1. The molecular formula is C12H11FN2O2. The van der Waals surface area contributed by atoms with E-state index in [-0.39, 0.29) is 12.2 Å². The van der Waals surface area contributed by atoms with E-state index in [9.17, 15) is 9.18 Å². The van der Waals surface area contributed by atoms with E-state index in [2.05, 4.69) is 4.98 Å². The molecule has 1 aromatic heterocycles. The Kier molecular flexibility index (Phi) is 2.14. The number of carboxylic acids is 1. The van der Waals surface area contributed by atoms with Gasteiger partial charge in [-0.25, -0.2) is 9.37 Å². The summed E-state index contributed by atoms with van der Waals surface area (Å²) >= 11 is 0. The van der Waals surface area contributed by atoms with Gasteiger partial charge >= 0.3 is 5.97 Å². The van der Waals surface area contributed by atoms with E-state index in [0.717, 1.165) is 18.4 Å². The summed E-state index contributed by atoms with van der Waals surface area (Å²) in [6.45, 7) is 0. The molecule has 17 heavy (non-hydrogen) atoms. The van der Waals surface area contributed by atoms with Crippen molar-refractivity contribution >= 4 is 17.0 Å². The zero-order valence-corrected chi connectivity index (χ0v) is 9.06. The van der Waals surface area contributed by atoms with Gasteiger partial charge in [-0.3, -0.25) is 4.79 Å². The molecule has 0 amide bonds. The third-order valence-corrected chi connectivity index (χ3v) is 2.95. The highest BCUT2D eigenvalue weighted by atomic mass is 19.1. The molecule has 1 aliphatic carbocycles. The lowest BCUT2D eigenvalue weighted by molar-refractivity contribution is -0.136. The van der Waals surface area contributed by atoms with Crippen LogP contribution in [0.5, 0.6) is 0 Å². The molecule has 1 heterocycles. The smallest absolute Gasteiger partial charge is 0.311 e. The summed E-state index contributed by atoms with van der Waals surface area (Å²) in [5.74, 6) is -0.747. The van der Waals surface area contributed by atoms with Crippen LogP contribution in [0.3, 0.4) is 0 Å². The lowest BCUT2D eigenvalue weighted by Gasteiger charge is -2.05. The fourth-order valence-electron chi connectivity index (χ4n) is 2.12. The van der Waals surface area contributed by atoms with Crippen molar-refractivity contribution in [1.82, 2.24) is 9.55 Å². The number of aromatic nitrogens is 2. The number of rotatable bonds is 3. The monoisotopic (exact) mass is 234 g/mol. The van der Waals surface area contributed by atoms with Crippen LogP contribution in [-0.4, -0.2) is 20.6 Å². The predicted molar refractivity (Wildman–Crippen MR) is 59.3 cm³/mol. The predicted octanol–water partition coefficient (Wildman–Crippen LogP) is 2.14. The molecule has 0 atom stereocenters. The van der Waals surface area contributed by atoms with E-state index >= 15 is 0 Å². The number of fused-ring (bicyclic) bond motifs is 1. The third-order valence-electron chi connectivity index (χ3n) is 2.95. The summed E-state index contributed by atoms with van der Waals surface area (Å²) in [5.41, 5.74) is 1.36. The topological polar surface area (TPSA) is 55.1 Å². The molecule has 0 spiro atoms. The first kappa shape index (κ1) is 10.3. The largest absolute Gasteiger partial charge is 0.481 e. The summed E-state index contributed by atoms with van der Waals surface area (Å²) in [6, 6.07) is 4.73. The van der Waals surface area contributed by atoms with Crippen LogP contribution in [-0.2, 0) is 11.2 Å². The second-order valence-corrected chi connectivity index (χ2v) is 4.33. The standard InChI is InChI=1S/C12H11FN2O2/c13-7-1-4-10-9(5-7)14-11(6-12(16)17)15(10)8-2-3-8/h1,4-5,8H,2-3,6H2,(H,16,17). The first-order valence-electron chi connectivity index (χ1n) is 5.53. The van der Waals surface area contributed by atoms with E-state index in [0.29, 0.717) is 17.4 Å². The van der Waals surface area contributed by atoms with Gasteiger partial charge in [-0.15, -0.1) is 0 Å². The van der Waals surface area contributed by atoms with Crippen LogP contribution in [0.4, 0.5) is 4.39 Å². The molecule has 5 heteroatoms. The summed E-state index contributed by atoms with van der Waals surface area (Å²) in [4.78, 5) is 15.0. The van der Waals surface area contributed by atoms with Crippen molar-refractivity contribution in [3.8, 4) is 0 Å². The molecule has 1 N–H and O–H groups in total. The number of aliphatic carboxylic acids is 1. The van der Waals surface area contributed by atoms with Crippen molar-refractivity contribution in [2.45, 2.75) is 25.3 Å². The van der Waals surface area contributed by atoms with Gasteiger partial charge in [0.15, 0.2) is 0 Å². The molecule has 0 aliphatic heterocycles. The summed E-state index contributed by atoms with van der Waals surface area (Å²) < 4.78 is 15.0. The van der Waals surface area contributed by atoms with Crippen LogP contribution in [0.1, 0.15) is 24.7 Å². The number of benzene rings is 1. The number of carbonyl (C=O) groups is 1. The molecule has 4 nitrogen and oxygen atoms in total. The lowest BCUT2D eigenvalue weighted by Crippen LogP contribution is -2.08. The van der Waals surface area contributed by atoms with Gasteiger partial charge in [0.05, 0.1) is 11.0 Å². The van der Waals surface area contributed by atoms with E-state index in [1.54, 1.807) is 6.07 Å². The number of carboxylic acid groups (broad SMARTS) is 1. The van der Waals surface area contributed by atoms with Gasteiger partial charge in [-0.1, -0.05) is 0 Å². The SMILES string of the molecule is O=C(O)Cc1nc2cc(F)ccc2n1C1CC1. The van der Waals surface area contributed by atoms with Crippen molar-refractivity contribution in [2.24, 2.45) is 0 Å². The van der Waals surface area contributed by atoms with Crippen LogP contribution < -0.4 is 0 Å². The summed E-state index contributed by atoms with van der Waals surface area (Å²) in [6.07, 6.45) is 1.96. The molecule has 88 valence electrons. The Bertz CT molecular complexity index is 602. The lowest BCUT2D eigenvalue weighted by atomic mass is 10.3. The quantitative estimate of drug-likeness (QED) is 0.885. The van der Waals surface area contributed by atoms with E-state index in [1.807, 2.05) is 4.57 Å². The molecule has 3 rings (SSSR count). The highest BCUT2D eigenvalue weighted by molar-refractivity contribution is 5.78. The molecule has 0 unspecified atom stereocenters. The molecule has 0 radical (unpaired) electrons. The van der Waals surface area contributed by atoms with Crippen LogP contribution in [0, 0.1) is 5.82 Å². The molecular weight excluding hydrogens is 223 g/mol. The number of halogens is 1. The highest BCUT2D eigenvalue weighted by Crippen LogP contribution is 2.38. The van der Waals surface area contributed by atoms with Crippen LogP contribution >= 0.6 is 0 Å². The van der Waals surface area contributed by atoms with Gasteiger partial charge in [0.25, 0.3) is 0 Å². The Morgan fingerprint density at radius 2 is 2.29 bits per heavy atom. The Labute approximate surface area is 96.7 Å². The second kappa shape index (κ2) is 3.55. The minimum Gasteiger partial charge on any atom is -0.481 e. The van der Waals surface area contributed by atoms with E-state index < -0.39 is 5.97 Å². The van der Waals surface area contributed by atoms with Crippen molar-refractivity contribution in [3.05, 3.63) is 29.8 Å². The Morgan fingerprint density at radius 1 is 1.53 bits per heavy atom. The summed E-state index contributed by atoms with van der Waals surface area (Å²) in [5, 5.41) is 8.85. The van der Waals surface area contributed by atoms with E-state index in [4.69, 9.17) is 5.11 Å². The van der Waals surface area contributed by atoms with Gasteiger partial charge in [0.1, 0.15) is 18.1 Å². The van der Waals surface area contributed by atoms with Gasteiger partial charge in [0, 0.05) is 12.1 Å². The minimum atomic E-state index is -0.914. The van der Waals surface area contributed by atoms with E-state index in [1.165, 1.54) is 12.1 Å². The Balaban J connectivity index is 2.19. The molecule has 2 aromatic rings. The number of hydrogen-bond acceptors (Lipinski definition) is 2. The number of imidazole rings is 1. The average molecular weight is 234 g/mol. The second-order valence-electron chi connectivity index (χ2n) is 4.33. The van der Waals surface area contributed by atoms with Gasteiger partial charge in [-0.2, -0.15) is 0 Å². The van der Waals surface area contributed by atoms with Crippen molar-refractivity contribution in [1.29, 1.82) is 0 Å².